The van der Waals surface area contributed by atoms with Crippen LogP contribution in [-0.2, 0) is 6.54 Å². The number of carbonyl (C=O) groups excluding carboxylic acids is 1. The van der Waals surface area contributed by atoms with Gasteiger partial charge in [0.05, 0.1) is 23.6 Å². The molecule has 0 radical (unpaired) electrons. The fraction of sp³-hybridized carbons (Fsp3) is 0.250. The van der Waals surface area contributed by atoms with Crippen molar-refractivity contribution in [2.45, 2.75) is 33.4 Å². The fourth-order valence-electron chi connectivity index (χ4n) is 5.25. The van der Waals surface area contributed by atoms with E-state index in [0.717, 1.165) is 16.7 Å². The van der Waals surface area contributed by atoms with Crippen molar-refractivity contribution in [3.05, 3.63) is 105 Å². The molecular formula is C32H29NO7. The van der Waals surface area contributed by atoms with Crippen LogP contribution in [-0.4, -0.2) is 30.8 Å². The lowest BCUT2D eigenvalue weighted by Crippen LogP contribution is -2.29. The van der Waals surface area contributed by atoms with Gasteiger partial charge in [0.1, 0.15) is 12.2 Å². The van der Waals surface area contributed by atoms with Gasteiger partial charge < -0.3 is 28.3 Å². The first kappa shape index (κ1) is 25.6. The van der Waals surface area contributed by atoms with Gasteiger partial charge in [-0.2, -0.15) is 0 Å². The van der Waals surface area contributed by atoms with Gasteiger partial charge in [-0.25, -0.2) is 0 Å². The van der Waals surface area contributed by atoms with E-state index in [-0.39, 0.29) is 30.4 Å². The second-order valence-corrected chi connectivity index (χ2v) is 9.87. The molecule has 0 fully saturated rings. The average Bonchev–Trinajstić information content (AvgIpc) is 3.52. The van der Waals surface area contributed by atoms with Crippen LogP contribution < -0.4 is 24.4 Å². The number of hydrogen-bond acceptors (Lipinski definition) is 7. The van der Waals surface area contributed by atoms with Crippen molar-refractivity contribution in [2.24, 2.45) is 0 Å². The summed E-state index contributed by atoms with van der Waals surface area (Å²) in [5.41, 5.74) is 3.96. The topological polar surface area (TPSA) is 87.4 Å². The number of benzene rings is 3. The molecule has 4 aromatic rings. The van der Waals surface area contributed by atoms with E-state index in [1.54, 1.807) is 17.0 Å². The largest absolute Gasteiger partial charge is 0.490 e. The molecular weight excluding hydrogens is 510 g/mol. The summed E-state index contributed by atoms with van der Waals surface area (Å²) < 4.78 is 28.9. The Balaban J connectivity index is 1.52. The average molecular weight is 540 g/mol. The Hall–Kier alpha value is -4.72. The van der Waals surface area contributed by atoms with E-state index >= 15 is 0 Å². The Morgan fingerprint density at radius 3 is 2.58 bits per heavy atom. The van der Waals surface area contributed by atoms with Crippen LogP contribution >= 0.6 is 0 Å². The minimum absolute atomic E-state index is 0.0523. The minimum atomic E-state index is -0.706. The Morgan fingerprint density at radius 1 is 0.975 bits per heavy atom. The molecule has 0 N–H and O–H groups in total. The van der Waals surface area contributed by atoms with Crippen LogP contribution in [0.3, 0.4) is 0 Å². The number of carbonyl (C=O) groups is 1. The number of rotatable bonds is 8. The molecule has 6 rings (SSSR count). The summed E-state index contributed by atoms with van der Waals surface area (Å²) >= 11 is 0. The van der Waals surface area contributed by atoms with E-state index in [0.29, 0.717) is 58.3 Å². The summed E-state index contributed by atoms with van der Waals surface area (Å²) in [4.78, 5) is 29.7. The summed E-state index contributed by atoms with van der Waals surface area (Å²) in [6.45, 7) is 10.6. The third kappa shape index (κ3) is 4.25. The maximum absolute atomic E-state index is 14.0. The molecule has 1 aromatic heterocycles. The van der Waals surface area contributed by atoms with Crippen LogP contribution in [0.2, 0.25) is 0 Å². The summed E-state index contributed by atoms with van der Waals surface area (Å²) in [6, 6.07) is 14.0. The standard InChI is InChI=1S/C32H29NO7/c1-5-11-37-23-10-8-21(15-27(23)36-6-2)29-28-30(34)22-12-18(3)19(4)13-25(22)40-31(28)32(35)33(29)16-20-7-9-24-26(14-20)39-17-38-24/h5,7-10,12-15,29H,1,6,11,16-17H2,2-4H3. The van der Waals surface area contributed by atoms with Crippen molar-refractivity contribution in [3.63, 3.8) is 0 Å². The van der Waals surface area contributed by atoms with Crippen LogP contribution in [0.4, 0.5) is 0 Å². The lowest BCUT2D eigenvalue weighted by Gasteiger charge is -2.26. The number of amides is 1. The summed E-state index contributed by atoms with van der Waals surface area (Å²) in [5.74, 6) is 2.03. The number of hydrogen-bond donors (Lipinski definition) is 0. The first-order valence-corrected chi connectivity index (χ1v) is 13.2. The van der Waals surface area contributed by atoms with Gasteiger partial charge in [0, 0.05) is 6.54 Å². The SMILES string of the molecule is C=CCOc1ccc(C2c3c(oc4cc(C)c(C)cc4c3=O)C(=O)N2Cc2ccc3c(c2)OCO3)cc1OCC. The molecule has 0 aliphatic carbocycles. The van der Waals surface area contributed by atoms with E-state index in [1.165, 1.54) is 0 Å². The highest BCUT2D eigenvalue weighted by Gasteiger charge is 2.43. The smallest absolute Gasteiger partial charge is 0.291 e. The van der Waals surface area contributed by atoms with E-state index in [9.17, 15) is 9.59 Å². The van der Waals surface area contributed by atoms with Gasteiger partial charge in [-0.3, -0.25) is 9.59 Å². The Bertz CT molecular complexity index is 1720. The van der Waals surface area contributed by atoms with Crippen molar-refractivity contribution >= 4 is 16.9 Å². The van der Waals surface area contributed by atoms with Crippen LogP contribution in [0.25, 0.3) is 11.0 Å². The van der Waals surface area contributed by atoms with E-state index in [2.05, 4.69) is 6.58 Å². The maximum atomic E-state index is 14.0. The fourth-order valence-corrected chi connectivity index (χ4v) is 5.25. The van der Waals surface area contributed by atoms with Gasteiger partial charge in [-0.15, -0.1) is 0 Å². The third-order valence-corrected chi connectivity index (χ3v) is 7.31. The van der Waals surface area contributed by atoms with Gasteiger partial charge in [-0.05, 0) is 79.4 Å². The second kappa shape index (κ2) is 10.1. The van der Waals surface area contributed by atoms with Crippen molar-refractivity contribution in [1.29, 1.82) is 0 Å². The summed E-state index contributed by atoms with van der Waals surface area (Å²) in [5, 5.41) is 0.445. The van der Waals surface area contributed by atoms with Gasteiger partial charge in [0.15, 0.2) is 28.4 Å². The van der Waals surface area contributed by atoms with E-state index < -0.39 is 6.04 Å². The number of aryl methyl sites for hydroxylation is 2. The molecule has 1 atom stereocenters. The van der Waals surface area contributed by atoms with Crippen molar-refractivity contribution < 1.29 is 28.2 Å². The molecule has 3 aromatic carbocycles. The molecule has 0 saturated heterocycles. The summed E-state index contributed by atoms with van der Waals surface area (Å²) in [7, 11) is 0. The molecule has 8 heteroatoms. The quantitative estimate of drug-likeness (QED) is 0.260. The predicted octanol–water partition coefficient (Wildman–Crippen LogP) is 5.85. The van der Waals surface area contributed by atoms with Crippen molar-refractivity contribution in [3.8, 4) is 23.0 Å². The van der Waals surface area contributed by atoms with Gasteiger partial charge in [0.25, 0.3) is 5.91 Å². The predicted molar refractivity (Wildman–Crippen MR) is 150 cm³/mol. The Morgan fingerprint density at radius 2 is 1.77 bits per heavy atom. The van der Waals surface area contributed by atoms with Crippen LogP contribution in [0.5, 0.6) is 23.0 Å². The number of fused-ring (bicyclic) bond motifs is 3. The first-order chi connectivity index (χ1) is 19.4. The zero-order valence-electron chi connectivity index (χ0n) is 22.6. The zero-order chi connectivity index (χ0) is 28.0. The van der Waals surface area contributed by atoms with Crippen LogP contribution in [0.15, 0.2) is 70.4 Å². The van der Waals surface area contributed by atoms with Gasteiger partial charge >= 0.3 is 0 Å². The molecule has 1 amide bonds. The lowest BCUT2D eigenvalue weighted by molar-refractivity contribution is 0.0714. The molecule has 204 valence electrons. The zero-order valence-corrected chi connectivity index (χ0v) is 22.6. The monoisotopic (exact) mass is 539 g/mol. The first-order valence-electron chi connectivity index (χ1n) is 13.2. The lowest BCUT2D eigenvalue weighted by atomic mass is 9.97. The molecule has 2 aliphatic rings. The Labute approximate surface area is 231 Å². The highest BCUT2D eigenvalue weighted by molar-refractivity contribution is 5.99. The van der Waals surface area contributed by atoms with Gasteiger partial charge in [0.2, 0.25) is 12.6 Å². The highest BCUT2D eigenvalue weighted by Crippen LogP contribution is 2.43. The highest BCUT2D eigenvalue weighted by atomic mass is 16.7. The van der Waals surface area contributed by atoms with E-state index in [4.69, 9.17) is 23.4 Å². The molecule has 2 aliphatic heterocycles. The normalized spacial score (nSPS) is 15.4. The molecule has 0 spiro atoms. The molecule has 3 heterocycles. The molecule has 0 bridgehead atoms. The minimum Gasteiger partial charge on any atom is -0.490 e. The van der Waals surface area contributed by atoms with E-state index in [1.807, 2.05) is 63.2 Å². The second-order valence-electron chi connectivity index (χ2n) is 9.87. The third-order valence-electron chi connectivity index (χ3n) is 7.31. The maximum Gasteiger partial charge on any atom is 0.291 e. The molecule has 40 heavy (non-hydrogen) atoms. The number of ether oxygens (including phenoxy) is 4. The molecule has 0 saturated carbocycles. The number of nitrogens with zero attached hydrogens (tertiary/aromatic N) is 1. The van der Waals surface area contributed by atoms with Crippen LogP contribution in [0.1, 0.15) is 51.3 Å². The molecule has 8 nitrogen and oxygen atoms in total. The van der Waals surface area contributed by atoms with Crippen molar-refractivity contribution in [2.75, 3.05) is 20.0 Å². The van der Waals surface area contributed by atoms with Crippen molar-refractivity contribution in [1.82, 2.24) is 4.90 Å². The Kier molecular flexibility index (Phi) is 6.46. The molecule has 1 unspecified atom stereocenters. The van der Waals surface area contributed by atoms with Crippen LogP contribution in [0, 0.1) is 13.8 Å². The summed E-state index contributed by atoms with van der Waals surface area (Å²) in [6.07, 6.45) is 1.66. The van der Waals surface area contributed by atoms with Gasteiger partial charge in [-0.1, -0.05) is 24.8 Å².